The molecule has 1 N–H and O–H groups in total. The number of hydrogen-bond donors (Lipinski definition) is 1. The Morgan fingerprint density at radius 2 is 2.00 bits per heavy atom. The van der Waals surface area contributed by atoms with E-state index in [1.807, 2.05) is 6.92 Å². The van der Waals surface area contributed by atoms with Gasteiger partial charge >= 0.3 is 11.9 Å². The Hall–Kier alpha value is -1.69. The van der Waals surface area contributed by atoms with Crippen molar-refractivity contribution in [3.63, 3.8) is 0 Å². The van der Waals surface area contributed by atoms with Gasteiger partial charge < -0.3 is 9.57 Å². The number of ether oxygens (including phenoxy) is 1. The van der Waals surface area contributed by atoms with E-state index in [-0.39, 0.29) is 25.2 Å². The Morgan fingerprint density at radius 1 is 1.26 bits per heavy atom. The molecule has 0 aromatic carbocycles. The van der Waals surface area contributed by atoms with Gasteiger partial charge in [-0.2, -0.15) is 5.48 Å². The molecule has 0 rings (SSSR count). The molecule has 0 aliphatic carbocycles. The van der Waals surface area contributed by atoms with Crippen LogP contribution >= 0.6 is 0 Å². The van der Waals surface area contributed by atoms with Crippen molar-refractivity contribution in [2.24, 2.45) is 0 Å². The third-order valence-electron chi connectivity index (χ3n) is 2.17. The van der Waals surface area contributed by atoms with E-state index in [0.717, 1.165) is 18.9 Å². The number of ketones is 1. The molecule has 0 aliphatic heterocycles. The Kier molecular flexibility index (Phi) is 10.4. The Bertz CT molecular complexity index is 314. The van der Waals surface area contributed by atoms with Crippen molar-refractivity contribution in [2.45, 2.75) is 39.0 Å². The van der Waals surface area contributed by atoms with Crippen molar-refractivity contribution in [3.05, 3.63) is 12.7 Å². The molecule has 0 radical (unpaired) electrons. The van der Waals surface area contributed by atoms with Crippen LogP contribution in [-0.2, 0) is 24.0 Å². The van der Waals surface area contributed by atoms with Crippen LogP contribution in [0.5, 0.6) is 0 Å². The fraction of sp³-hybridized carbons (Fsp3) is 0.615. The lowest BCUT2D eigenvalue weighted by atomic mass is 10.2. The van der Waals surface area contributed by atoms with E-state index in [1.54, 1.807) is 0 Å². The van der Waals surface area contributed by atoms with Crippen LogP contribution in [0, 0.1) is 0 Å². The van der Waals surface area contributed by atoms with Gasteiger partial charge in [0.2, 0.25) is 0 Å². The van der Waals surface area contributed by atoms with E-state index in [4.69, 9.17) is 4.74 Å². The van der Waals surface area contributed by atoms with Crippen LogP contribution in [0.2, 0.25) is 0 Å². The summed E-state index contributed by atoms with van der Waals surface area (Å²) in [4.78, 5) is 37.9. The second-order valence-electron chi connectivity index (χ2n) is 3.91. The first-order valence-electron chi connectivity index (χ1n) is 6.33. The van der Waals surface area contributed by atoms with E-state index in [0.29, 0.717) is 13.0 Å². The molecule has 0 amide bonds. The minimum Gasteiger partial charge on any atom is -0.463 e. The number of carbonyl (C=O) groups excluding carboxylic acids is 3. The number of carbonyl (C=O) groups is 3. The average Bonchev–Trinajstić information content (AvgIpc) is 2.39. The summed E-state index contributed by atoms with van der Waals surface area (Å²) in [6.45, 7) is 5.98. The summed E-state index contributed by atoms with van der Waals surface area (Å²) < 4.78 is 4.70. The molecule has 6 nitrogen and oxygen atoms in total. The van der Waals surface area contributed by atoms with Crippen LogP contribution in [0.4, 0.5) is 0 Å². The summed E-state index contributed by atoms with van der Waals surface area (Å²) in [5.41, 5.74) is 2.50. The normalized spacial score (nSPS) is 9.74. The fourth-order valence-electron chi connectivity index (χ4n) is 1.17. The maximum absolute atomic E-state index is 11.4. The van der Waals surface area contributed by atoms with Gasteiger partial charge in [-0.3, -0.25) is 4.79 Å². The molecule has 0 aromatic heterocycles. The molecular formula is C13H21NO5. The van der Waals surface area contributed by atoms with Crippen LogP contribution < -0.4 is 5.48 Å². The van der Waals surface area contributed by atoms with Gasteiger partial charge in [0.1, 0.15) is 12.2 Å². The van der Waals surface area contributed by atoms with E-state index in [1.165, 1.54) is 0 Å². The summed E-state index contributed by atoms with van der Waals surface area (Å²) in [5.74, 6) is -1.35. The highest BCUT2D eigenvalue weighted by Gasteiger charge is 2.10. The largest absolute Gasteiger partial charge is 0.463 e. The zero-order chi connectivity index (χ0) is 14.5. The van der Waals surface area contributed by atoms with Crippen LogP contribution in [0.3, 0.4) is 0 Å². The van der Waals surface area contributed by atoms with Gasteiger partial charge in [-0.25, -0.2) is 9.59 Å². The smallest absolute Gasteiger partial charge is 0.332 e. The topological polar surface area (TPSA) is 81.7 Å². The quantitative estimate of drug-likeness (QED) is 0.200. The van der Waals surface area contributed by atoms with Crippen molar-refractivity contribution in [1.82, 2.24) is 5.48 Å². The lowest BCUT2D eigenvalue weighted by Crippen LogP contribution is -2.22. The van der Waals surface area contributed by atoms with Gasteiger partial charge in [-0.05, 0) is 12.8 Å². The van der Waals surface area contributed by atoms with Crippen molar-refractivity contribution in [3.8, 4) is 0 Å². The van der Waals surface area contributed by atoms with Crippen LogP contribution in [0.15, 0.2) is 12.7 Å². The van der Waals surface area contributed by atoms with Crippen LogP contribution in [0.1, 0.15) is 39.0 Å². The van der Waals surface area contributed by atoms with Gasteiger partial charge in [-0.1, -0.05) is 19.9 Å². The number of esters is 1. The average molecular weight is 271 g/mol. The molecule has 0 saturated carbocycles. The van der Waals surface area contributed by atoms with Gasteiger partial charge in [-0.15, -0.1) is 0 Å². The number of Topliss-reactive ketones (excluding diaryl/α,β-unsaturated/α-hetero) is 1. The van der Waals surface area contributed by atoms with E-state index >= 15 is 0 Å². The maximum Gasteiger partial charge on any atom is 0.332 e. The number of hydroxylamine groups is 1. The monoisotopic (exact) mass is 271 g/mol. The zero-order valence-corrected chi connectivity index (χ0v) is 11.3. The van der Waals surface area contributed by atoms with Crippen molar-refractivity contribution >= 4 is 17.7 Å². The molecule has 0 unspecified atom stereocenters. The van der Waals surface area contributed by atoms with E-state index in [2.05, 4.69) is 16.9 Å². The molecule has 0 heterocycles. The van der Waals surface area contributed by atoms with Gasteiger partial charge in [0.15, 0.2) is 0 Å². The first kappa shape index (κ1) is 17.3. The second-order valence-corrected chi connectivity index (χ2v) is 3.91. The molecule has 0 spiro atoms. The van der Waals surface area contributed by atoms with Gasteiger partial charge in [0.05, 0.1) is 6.61 Å². The van der Waals surface area contributed by atoms with Gasteiger partial charge in [0, 0.05) is 19.0 Å². The number of hydrogen-bond acceptors (Lipinski definition) is 6. The molecular weight excluding hydrogens is 250 g/mol. The molecule has 0 atom stereocenters. The van der Waals surface area contributed by atoms with Crippen molar-refractivity contribution in [2.75, 3.05) is 13.2 Å². The molecule has 0 fully saturated rings. The SMILES string of the molecule is C=CC(=O)OCCCC(=O)CC(=O)ONCCCC. The lowest BCUT2D eigenvalue weighted by molar-refractivity contribution is -0.153. The molecule has 0 aromatic rings. The minimum absolute atomic E-state index is 0.139. The number of rotatable bonds is 11. The molecule has 0 bridgehead atoms. The lowest BCUT2D eigenvalue weighted by Gasteiger charge is -2.04. The summed E-state index contributed by atoms with van der Waals surface area (Å²) in [5, 5.41) is 0. The maximum atomic E-state index is 11.4. The third-order valence-corrected chi connectivity index (χ3v) is 2.17. The van der Waals surface area contributed by atoms with Gasteiger partial charge in [0.25, 0.3) is 0 Å². The number of unbranched alkanes of at least 4 members (excludes halogenated alkanes) is 1. The molecule has 0 saturated heterocycles. The summed E-state index contributed by atoms with van der Waals surface area (Å²) in [7, 11) is 0. The third kappa shape index (κ3) is 11.1. The van der Waals surface area contributed by atoms with Crippen molar-refractivity contribution < 1.29 is 24.0 Å². The fourth-order valence-corrected chi connectivity index (χ4v) is 1.17. The highest BCUT2D eigenvalue weighted by molar-refractivity contribution is 5.95. The summed E-state index contributed by atoms with van der Waals surface area (Å²) in [6.07, 6.45) is 3.24. The van der Waals surface area contributed by atoms with E-state index < -0.39 is 11.9 Å². The predicted octanol–water partition coefficient (Wildman–Crippen LogP) is 1.30. The summed E-state index contributed by atoms with van der Waals surface area (Å²) >= 11 is 0. The summed E-state index contributed by atoms with van der Waals surface area (Å²) in [6, 6.07) is 0. The molecule has 108 valence electrons. The van der Waals surface area contributed by atoms with Crippen LogP contribution in [0.25, 0.3) is 0 Å². The molecule has 6 heteroatoms. The Labute approximate surface area is 113 Å². The standard InChI is InChI=1S/C13H21NO5/c1-3-5-8-14-19-13(17)10-11(15)7-6-9-18-12(16)4-2/h4,14H,2-3,5-10H2,1H3. The first-order valence-corrected chi connectivity index (χ1v) is 6.33. The Morgan fingerprint density at radius 3 is 2.63 bits per heavy atom. The van der Waals surface area contributed by atoms with Crippen LogP contribution in [-0.4, -0.2) is 30.9 Å². The highest BCUT2D eigenvalue weighted by Crippen LogP contribution is 1.98. The molecule has 19 heavy (non-hydrogen) atoms. The molecule has 0 aliphatic rings. The predicted molar refractivity (Wildman–Crippen MR) is 69.0 cm³/mol. The van der Waals surface area contributed by atoms with E-state index in [9.17, 15) is 14.4 Å². The Balaban J connectivity index is 3.54. The first-order chi connectivity index (χ1) is 9.10. The zero-order valence-electron chi connectivity index (χ0n) is 11.3. The second kappa shape index (κ2) is 11.4. The number of nitrogens with one attached hydrogen (secondary N) is 1. The minimum atomic E-state index is -0.593. The highest BCUT2D eigenvalue weighted by atomic mass is 16.7. The van der Waals surface area contributed by atoms with Crippen molar-refractivity contribution in [1.29, 1.82) is 0 Å².